The van der Waals surface area contributed by atoms with Crippen molar-refractivity contribution in [2.45, 2.75) is 6.04 Å². The molecule has 26 heavy (non-hydrogen) atoms. The molecule has 0 amide bonds. The second-order valence-corrected chi connectivity index (χ2v) is 6.16. The number of nitrogens with one attached hydrogen (secondary N) is 2. The van der Waals surface area contributed by atoms with Crippen molar-refractivity contribution in [1.29, 1.82) is 0 Å². The van der Waals surface area contributed by atoms with Crippen LogP contribution in [0.5, 0.6) is 0 Å². The largest absolute Gasteiger partial charge is 0.373 e. The van der Waals surface area contributed by atoms with Crippen LogP contribution < -0.4 is 5.32 Å². The molecule has 2 aromatic carbocycles. The fraction of sp³-hybridized carbons (Fsp3) is 0.0526. The summed E-state index contributed by atoms with van der Waals surface area (Å²) in [6.07, 6.45) is 3.59. The lowest BCUT2D eigenvalue weighted by Gasteiger charge is -2.19. The van der Waals surface area contributed by atoms with E-state index in [0.29, 0.717) is 11.2 Å². The molecule has 2 N–H and O–H groups in total. The van der Waals surface area contributed by atoms with Crippen molar-refractivity contribution in [1.82, 2.24) is 15.2 Å². The number of nitro groups is 1. The lowest BCUT2D eigenvalue weighted by atomic mass is 9.96. The van der Waals surface area contributed by atoms with Crippen molar-refractivity contribution in [2.75, 3.05) is 5.32 Å². The highest BCUT2D eigenvalue weighted by molar-refractivity contribution is 6.00. The molecule has 2 aromatic heterocycles. The topological polar surface area (TPSA) is 96.7 Å². The molecular weight excluding hydrogens is 330 g/mol. The van der Waals surface area contributed by atoms with Gasteiger partial charge in [-0.05, 0) is 12.1 Å². The van der Waals surface area contributed by atoms with Crippen molar-refractivity contribution in [3.05, 3.63) is 82.2 Å². The summed E-state index contributed by atoms with van der Waals surface area (Å²) in [4.78, 5) is 14.4. The highest BCUT2D eigenvalue weighted by Gasteiger charge is 2.30. The monoisotopic (exact) mass is 343 g/mol. The number of hydrogen-bond donors (Lipinski definition) is 2. The third kappa shape index (κ3) is 2.00. The quantitative estimate of drug-likeness (QED) is 0.423. The van der Waals surface area contributed by atoms with Crippen LogP contribution in [0.1, 0.15) is 17.2 Å². The summed E-state index contributed by atoms with van der Waals surface area (Å²) >= 11 is 0. The van der Waals surface area contributed by atoms with E-state index in [1.165, 1.54) is 6.07 Å². The van der Waals surface area contributed by atoms with Crippen LogP contribution in [0.4, 0.5) is 11.4 Å². The lowest BCUT2D eigenvalue weighted by molar-refractivity contribution is -0.385. The first-order valence-corrected chi connectivity index (χ1v) is 8.16. The average Bonchev–Trinajstić information content (AvgIpc) is 3.04. The number of para-hydroxylation sites is 2. The van der Waals surface area contributed by atoms with Crippen molar-refractivity contribution >= 4 is 22.4 Å². The van der Waals surface area contributed by atoms with Gasteiger partial charge in [-0.15, -0.1) is 5.10 Å². The number of aromatic nitrogens is 3. The molecular formula is C19H13N5O2. The normalized spacial score (nSPS) is 15.2. The Morgan fingerprint density at radius 1 is 1.00 bits per heavy atom. The SMILES string of the molecule is O=[N+]([O-])c1ccccc1C1Nc2ccccc2-c2cnnc3[nH]cc1c23. The van der Waals surface area contributed by atoms with Crippen LogP contribution in [0.3, 0.4) is 0 Å². The van der Waals surface area contributed by atoms with Gasteiger partial charge in [-0.1, -0.05) is 30.3 Å². The minimum Gasteiger partial charge on any atom is -0.373 e. The Hall–Kier alpha value is -3.74. The van der Waals surface area contributed by atoms with Gasteiger partial charge in [0.1, 0.15) is 0 Å². The van der Waals surface area contributed by atoms with E-state index < -0.39 is 0 Å². The standard InChI is InChI=1S/C19H13N5O2/c25-24(26)16-8-4-2-6-12(16)18-14-9-20-19-17(14)13(10-21-23-19)11-5-1-3-7-15(11)22-18/h1-10,18,22H,(H,20,23). The molecule has 0 spiro atoms. The Labute approximate surface area is 147 Å². The zero-order valence-corrected chi connectivity index (χ0v) is 13.5. The van der Waals surface area contributed by atoms with Crippen molar-refractivity contribution in [2.24, 2.45) is 0 Å². The van der Waals surface area contributed by atoms with Gasteiger partial charge in [0.25, 0.3) is 5.69 Å². The highest BCUT2D eigenvalue weighted by Crippen LogP contribution is 2.44. The minimum atomic E-state index is -0.378. The van der Waals surface area contributed by atoms with Gasteiger partial charge in [0.2, 0.25) is 0 Å². The number of fused-ring (bicyclic) bond motifs is 2. The van der Waals surface area contributed by atoms with Crippen LogP contribution in [0.15, 0.2) is 60.9 Å². The molecule has 5 rings (SSSR count). The predicted octanol–water partition coefficient (Wildman–Crippen LogP) is 4.05. The van der Waals surface area contributed by atoms with E-state index in [1.54, 1.807) is 18.3 Å². The first-order chi connectivity index (χ1) is 12.7. The summed E-state index contributed by atoms with van der Waals surface area (Å²) in [5, 5.41) is 24.3. The van der Waals surface area contributed by atoms with E-state index in [9.17, 15) is 10.1 Å². The number of anilines is 1. The Kier molecular flexibility index (Phi) is 3.02. The average molecular weight is 343 g/mol. The summed E-state index contributed by atoms with van der Waals surface area (Å²) in [5.74, 6) is 0. The molecule has 1 aliphatic rings. The Morgan fingerprint density at radius 2 is 1.81 bits per heavy atom. The van der Waals surface area contributed by atoms with Crippen LogP contribution in [-0.2, 0) is 0 Å². The first-order valence-electron chi connectivity index (χ1n) is 8.16. The summed E-state index contributed by atoms with van der Waals surface area (Å²) in [7, 11) is 0. The first kappa shape index (κ1) is 14.6. The van der Waals surface area contributed by atoms with Crippen molar-refractivity contribution in [3.63, 3.8) is 0 Å². The maximum absolute atomic E-state index is 11.6. The fourth-order valence-electron chi connectivity index (χ4n) is 3.65. The Morgan fingerprint density at radius 3 is 2.69 bits per heavy atom. The molecule has 0 radical (unpaired) electrons. The summed E-state index contributed by atoms with van der Waals surface area (Å²) < 4.78 is 0. The number of benzene rings is 2. The third-order valence-electron chi connectivity index (χ3n) is 4.78. The maximum Gasteiger partial charge on any atom is 0.275 e. The molecule has 126 valence electrons. The van der Waals surface area contributed by atoms with Gasteiger partial charge < -0.3 is 10.3 Å². The molecule has 1 aliphatic heterocycles. The zero-order valence-electron chi connectivity index (χ0n) is 13.5. The molecule has 1 atom stereocenters. The van der Waals surface area contributed by atoms with E-state index in [1.807, 2.05) is 36.5 Å². The minimum absolute atomic E-state index is 0.0855. The van der Waals surface area contributed by atoms with E-state index in [2.05, 4.69) is 20.5 Å². The molecule has 0 aliphatic carbocycles. The molecule has 4 aromatic rings. The predicted molar refractivity (Wildman–Crippen MR) is 97.9 cm³/mol. The van der Waals surface area contributed by atoms with Crippen molar-refractivity contribution < 1.29 is 4.92 Å². The van der Waals surface area contributed by atoms with Crippen molar-refractivity contribution in [3.8, 4) is 11.1 Å². The number of hydrogen-bond acceptors (Lipinski definition) is 5. The summed E-state index contributed by atoms with van der Waals surface area (Å²) in [6, 6.07) is 14.3. The second-order valence-electron chi connectivity index (χ2n) is 6.16. The summed E-state index contributed by atoms with van der Waals surface area (Å²) in [6.45, 7) is 0. The smallest absolute Gasteiger partial charge is 0.275 e. The molecule has 0 fully saturated rings. The van der Waals surface area contributed by atoms with Crippen LogP contribution in [-0.4, -0.2) is 20.1 Å². The number of H-pyrrole nitrogens is 1. The highest BCUT2D eigenvalue weighted by atomic mass is 16.6. The van der Waals surface area contributed by atoms with Gasteiger partial charge in [0.15, 0.2) is 5.65 Å². The van der Waals surface area contributed by atoms with E-state index in [-0.39, 0.29) is 16.7 Å². The molecule has 0 saturated heterocycles. The fourth-order valence-corrected chi connectivity index (χ4v) is 3.65. The second kappa shape index (κ2) is 5.38. The van der Waals surface area contributed by atoms with Crippen LogP contribution in [0.2, 0.25) is 0 Å². The van der Waals surface area contributed by atoms with E-state index in [4.69, 9.17) is 0 Å². The van der Waals surface area contributed by atoms with Gasteiger partial charge in [-0.3, -0.25) is 10.1 Å². The van der Waals surface area contributed by atoms with Gasteiger partial charge in [0.05, 0.1) is 22.7 Å². The number of nitrogens with zero attached hydrogens (tertiary/aromatic N) is 3. The number of aromatic amines is 1. The third-order valence-corrected chi connectivity index (χ3v) is 4.78. The molecule has 0 bridgehead atoms. The lowest BCUT2D eigenvalue weighted by Crippen LogP contribution is -2.13. The van der Waals surface area contributed by atoms with Gasteiger partial charge in [0, 0.05) is 40.0 Å². The maximum atomic E-state index is 11.6. The van der Waals surface area contributed by atoms with Crippen LogP contribution in [0, 0.1) is 10.1 Å². The summed E-state index contributed by atoms with van der Waals surface area (Å²) in [5.41, 5.74) is 5.13. The van der Waals surface area contributed by atoms with Crippen LogP contribution in [0.25, 0.3) is 22.2 Å². The molecule has 7 heteroatoms. The molecule has 1 unspecified atom stereocenters. The molecule has 3 heterocycles. The van der Waals surface area contributed by atoms with E-state index in [0.717, 1.165) is 27.8 Å². The number of rotatable bonds is 2. The molecule has 7 nitrogen and oxygen atoms in total. The van der Waals surface area contributed by atoms with Gasteiger partial charge in [-0.25, -0.2) is 0 Å². The van der Waals surface area contributed by atoms with Gasteiger partial charge in [-0.2, -0.15) is 5.10 Å². The Bertz CT molecular complexity index is 1170. The Balaban J connectivity index is 1.85. The molecule has 0 saturated carbocycles. The van der Waals surface area contributed by atoms with E-state index >= 15 is 0 Å². The van der Waals surface area contributed by atoms with Crippen LogP contribution >= 0.6 is 0 Å². The number of nitro benzene ring substituents is 1. The zero-order chi connectivity index (χ0) is 17.7. The van der Waals surface area contributed by atoms with Gasteiger partial charge >= 0.3 is 0 Å².